The molecule has 0 saturated carbocycles. The molecule has 4 nitrogen and oxygen atoms in total. The van der Waals surface area contributed by atoms with Crippen LogP contribution in [0.1, 0.15) is 64.7 Å². The minimum Gasteiger partial charge on any atom is -0.425 e. The molecule has 1 heterocycles. The molecule has 0 aromatic heterocycles. The van der Waals surface area contributed by atoms with Gasteiger partial charge < -0.3 is 9.47 Å². The molecule has 0 bridgehead atoms. The van der Waals surface area contributed by atoms with Crippen LogP contribution >= 0.6 is 0 Å². The van der Waals surface area contributed by atoms with Gasteiger partial charge in [0.2, 0.25) is 6.29 Å². The Bertz CT molecular complexity index is 226. The van der Waals surface area contributed by atoms with Gasteiger partial charge in [0, 0.05) is 19.3 Å². The normalized spacial score (nSPS) is 21.7. The van der Waals surface area contributed by atoms with E-state index >= 15 is 0 Å². The summed E-state index contributed by atoms with van der Waals surface area (Å²) in [5.41, 5.74) is 0. The van der Waals surface area contributed by atoms with E-state index in [1.54, 1.807) is 0 Å². The molecule has 0 unspecified atom stereocenters. The van der Waals surface area contributed by atoms with Gasteiger partial charge in [-0.3, -0.25) is 9.59 Å². The molecule has 1 aliphatic heterocycles. The molecular formula is C13H22O4. The summed E-state index contributed by atoms with van der Waals surface area (Å²) in [5.74, 6) is -0.521. The number of carbonyl (C=O) groups excluding carboxylic acids is 2. The average Bonchev–Trinajstić information content (AvgIpc) is 2.32. The predicted octanol–water partition coefficient (Wildman–Crippen LogP) is 2.94. The minimum atomic E-state index is -0.698. The largest absolute Gasteiger partial charge is 0.425 e. The average molecular weight is 242 g/mol. The maximum absolute atomic E-state index is 11.4. The number of cyclic esters (lactones) is 2. The van der Waals surface area contributed by atoms with Crippen LogP contribution in [0.3, 0.4) is 0 Å². The van der Waals surface area contributed by atoms with Crippen LogP contribution in [0.5, 0.6) is 0 Å². The van der Waals surface area contributed by atoms with E-state index in [1.807, 2.05) is 6.92 Å². The maximum Gasteiger partial charge on any atom is 0.308 e. The van der Waals surface area contributed by atoms with Crippen molar-refractivity contribution in [3.05, 3.63) is 0 Å². The lowest BCUT2D eigenvalue weighted by molar-refractivity contribution is -0.188. The van der Waals surface area contributed by atoms with Crippen molar-refractivity contribution in [1.82, 2.24) is 0 Å². The van der Waals surface area contributed by atoms with E-state index in [9.17, 15) is 9.59 Å². The molecule has 0 aromatic carbocycles. The summed E-state index contributed by atoms with van der Waals surface area (Å²) in [4.78, 5) is 22.9. The van der Waals surface area contributed by atoms with Crippen molar-refractivity contribution in [2.45, 2.75) is 71.0 Å². The fraction of sp³-hybridized carbons (Fsp3) is 0.846. The lowest BCUT2D eigenvalue weighted by Gasteiger charge is -2.16. The zero-order valence-electron chi connectivity index (χ0n) is 10.6. The van der Waals surface area contributed by atoms with Gasteiger partial charge in [0.05, 0.1) is 0 Å². The predicted molar refractivity (Wildman–Crippen MR) is 63.2 cm³/mol. The van der Waals surface area contributed by atoms with Gasteiger partial charge in [0.25, 0.3) is 0 Å². The molecule has 0 amide bonds. The third-order valence-electron chi connectivity index (χ3n) is 2.87. The van der Waals surface area contributed by atoms with E-state index in [1.165, 1.54) is 0 Å². The van der Waals surface area contributed by atoms with E-state index in [0.717, 1.165) is 38.5 Å². The summed E-state index contributed by atoms with van der Waals surface area (Å²) >= 11 is 0. The number of ether oxygens (including phenoxy) is 2. The lowest BCUT2D eigenvalue weighted by atomic mass is 10.1. The summed E-state index contributed by atoms with van der Waals surface area (Å²) in [6, 6.07) is 0. The zero-order chi connectivity index (χ0) is 12.5. The topological polar surface area (TPSA) is 52.6 Å². The maximum atomic E-state index is 11.4. The Labute approximate surface area is 103 Å². The Hall–Kier alpha value is -1.06. The first-order valence-corrected chi connectivity index (χ1v) is 6.61. The third kappa shape index (κ3) is 6.29. The Balaban J connectivity index is 2.46. The number of esters is 2. The van der Waals surface area contributed by atoms with Crippen molar-refractivity contribution in [2.75, 3.05) is 0 Å². The highest BCUT2D eigenvalue weighted by molar-refractivity contribution is 5.71. The molecule has 0 aliphatic carbocycles. The molecule has 1 fully saturated rings. The van der Waals surface area contributed by atoms with Gasteiger partial charge in [-0.05, 0) is 12.8 Å². The molecule has 1 saturated heterocycles. The van der Waals surface area contributed by atoms with Crippen LogP contribution in [-0.2, 0) is 19.1 Å². The van der Waals surface area contributed by atoms with Crippen molar-refractivity contribution in [1.29, 1.82) is 0 Å². The second-order valence-corrected chi connectivity index (χ2v) is 4.44. The van der Waals surface area contributed by atoms with Gasteiger partial charge in [-0.15, -0.1) is 0 Å². The molecule has 1 aliphatic rings. The van der Waals surface area contributed by atoms with Gasteiger partial charge in [-0.2, -0.15) is 0 Å². The van der Waals surface area contributed by atoms with Crippen molar-refractivity contribution in [3.63, 3.8) is 0 Å². The third-order valence-corrected chi connectivity index (χ3v) is 2.87. The molecule has 0 atom stereocenters. The molecule has 0 N–H and O–H groups in total. The van der Waals surface area contributed by atoms with Crippen molar-refractivity contribution in [3.8, 4) is 0 Å². The smallest absolute Gasteiger partial charge is 0.308 e. The number of hydrogen-bond donors (Lipinski definition) is 0. The second kappa shape index (κ2) is 8.09. The van der Waals surface area contributed by atoms with E-state index in [-0.39, 0.29) is 11.9 Å². The number of hydrogen-bond acceptors (Lipinski definition) is 4. The number of carbonyl (C=O) groups is 2. The Morgan fingerprint density at radius 1 is 0.882 bits per heavy atom. The van der Waals surface area contributed by atoms with Gasteiger partial charge in [0.15, 0.2) is 0 Å². The first kappa shape index (κ1) is 14.0. The van der Waals surface area contributed by atoms with E-state index in [0.29, 0.717) is 19.3 Å². The van der Waals surface area contributed by atoms with E-state index in [2.05, 4.69) is 0 Å². The van der Waals surface area contributed by atoms with Crippen LogP contribution in [0, 0.1) is 0 Å². The summed E-state index contributed by atoms with van der Waals surface area (Å²) in [6.07, 6.45) is 6.75. The number of rotatable bonds is 1. The minimum absolute atomic E-state index is 0.260. The van der Waals surface area contributed by atoms with Gasteiger partial charge in [-0.25, -0.2) is 0 Å². The molecule has 0 aromatic rings. The fourth-order valence-corrected chi connectivity index (χ4v) is 1.85. The highest BCUT2D eigenvalue weighted by atomic mass is 16.7. The van der Waals surface area contributed by atoms with Gasteiger partial charge >= 0.3 is 11.9 Å². The van der Waals surface area contributed by atoms with Gasteiger partial charge in [0.1, 0.15) is 0 Å². The second-order valence-electron chi connectivity index (χ2n) is 4.44. The summed E-state index contributed by atoms with van der Waals surface area (Å²) < 4.78 is 10.2. The molecule has 17 heavy (non-hydrogen) atoms. The lowest BCUT2D eigenvalue weighted by Crippen LogP contribution is -2.23. The van der Waals surface area contributed by atoms with Crippen LogP contribution in [0.4, 0.5) is 0 Å². The Morgan fingerprint density at radius 2 is 1.29 bits per heavy atom. The first-order valence-electron chi connectivity index (χ1n) is 6.61. The quantitative estimate of drug-likeness (QED) is 0.663. The fourth-order valence-electron chi connectivity index (χ4n) is 1.85. The SMILES string of the molecule is CCC1OC(=O)CCCCCCCCC(=O)O1. The van der Waals surface area contributed by atoms with Gasteiger partial charge in [-0.1, -0.05) is 32.6 Å². The monoisotopic (exact) mass is 242 g/mol. The van der Waals surface area contributed by atoms with Crippen molar-refractivity contribution >= 4 is 11.9 Å². The van der Waals surface area contributed by atoms with Crippen molar-refractivity contribution < 1.29 is 19.1 Å². The molecule has 0 radical (unpaired) electrons. The molecule has 1 rings (SSSR count). The first-order chi connectivity index (χ1) is 8.22. The summed E-state index contributed by atoms with van der Waals surface area (Å²) in [7, 11) is 0. The molecular weight excluding hydrogens is 220 g/mol. The molecule has 98 valence electrons. The van der Waals surface area contributed by atoms with Crippen LogP contribution in [-0.4, -0.2) is 18.2 Å². The molecule has 0 spiro atoms. The van der Waals surface area contributed by atoms with Crippen LogP contribution in [0.2, 0.25) is 0 Å². The zero-order valence-corrected chi connectivity index (χ0v) is 10.6. The highest BCUT2D eigenvalue weighted by Gasteiger charge is 2.17. The van der Waals surface area contributed by atoms with Crippen LogP contribution in [0.25, 0.3) is 0 Å². The Morgan fingerprint density at radius 3 is 1.71 bits per heavy atom. The summed E-state index contributed by atoms with van der Waals surface area (Å²) in [5, 5.41) is 0. The van der Waals surface area contributed by atoms with E-state index in [4.69, 9.17) is 9.47 Å². The van der Waals surface area contributed by atoms with Crippen molar-refractivity contribution in [2.24, 2.45) is 0 Å². The Kier molecular flexibility index (Phi) is 6.67. The standard InChI is InChI=1S/C13H22O4/c1-2-13-16-11(14)9-7-5-3-4-6-8-10-12(15)17-13/h13H,2-10H2,1H3. The summed E-state index contributed by atoms with van der Waals surface area (Å²) in [6.45, 7) is 1.84. The van der Waals surface area contributed by atoms with E-state index < -0.39 is 6.29 Å². The van der Waals surface area contributed by atoms with Crippen LogP contribution < -0.4 is 0 Å². The van der Waals surface area contributed by atoms with Crippen LogP contribution in [0.15, 0.2) is 0 Å². The molecule has 4 heteroatoms. The highest BCUT2D eigenvalue weighted by Crippen LogP contribution is 2.13.